The van der Waals surface area contributed by atoms with Gasteiger partial charge in [-0.15, -0.1) is 0 Å². The molecule has 1 saturated carbocycles. The van der Waals surface area contributed by atoms with Gasteiger partial charge in [0, 0.05) is 26.2 Å². The number of likely N-dealkylation sites (tertiary alicyclic amines) is 1. The molecule has 8 heteroatoms. The van der Waals surface area contributed by atoms with Gasteiger partial charge in [-0.2, -0.15) is 0 Å². The fraction of sp³-hybridized carbons (Fsp3) is 0.765. The van der Waals surface area contributed by atoms with Crippen molar-refractivity contribution in [3.8, 4) is 0 Å². The maximum absolute atomic E-state index is 12.6. The lowest BCUT2D eigenvalue weighted by molar-refractivity contribution is -0.146. The van der Waals surface area contributed by atoms with Crippen LogP contribution >= 0.6 is 0 Å². The van der Waals surface area contributed by atoms with Gasteiger partial charge in [-0.1, -0.05) is 12.8 Å². The highest BCUT2D eigenvalue weighted by molar-refractivity contribution is 6.07. The number of rotatable bonds is 2. The van der Waals surface area contributed by atoms with E-state index in [4.69, 9.17) is 4.74 Å². The van der Waals surface area contributed by atoms with Crippen LogP contribution in [0.1, 0.15) is 32.1 Å². The minimum Gasteiger partial charge on any atom is -0.453 e. The maximum Gasteiger partial charge on any atom is 0.409 e. The van der Waals surface area contributed by atoms with Crippen molar-refractivity contribution in [2.45, 2.75) is 32.1 Å². The van der Waals surface area contributed by atoms with Crippen LogP contribution < -0.4 is 0 Å². The molecule has 2 saturated heterocycles. The van der Waals surface area contributed by atoms with Crippen molar-refractivity contribution in [3.05, 3.63) is 0 Å². The number of ether oxygens (including phenoxy) is 1. The zero-order valence-electron chi connectivity index (χ0n) is 14.6. The topological polar surface area (TPSA) is 87.2 Å². The first-order valence-electron chi connectivity index (χ1n) is 8.99. The molecule has 2 heterocycles. The molecule has 25 heavy (non-hydrogen) atoms. The summed E-state index contributed by atoms with van der Waals surface area (Å²) in [6, 6.07) is 0. The number of carbonyl (C=O) groups excluding carboxylic acids is 4. The number of methoxy groups -OCH3 is 1. The molecule has 2 unspecified atom stereocenters. The molecular formula is C17H25N3O5. The lowest BCUT2D eigenvalue weighted by atomic mass is 9.81. The Balaban J connectivity index is 1.59. The molecule has 0 aromatic rings. The van der Waals surface area contributed by atoms with Crippen molar-refractivity contribution >= 4 is 23.8 Å². The summed E-state index contributed by atoms with van der Waals surface area (Å²) in [5.41, 5.74) is 0. The highest BCUT2D eigenvalue weighted by Gasteiger charge is 2.48. The first-order valence-corrected chi connectivity index (χ1v) is 8.99. The van der Waals surface area contributed by atoms with E-state index in [-0.39, 0.29) is 36.1 Å². The van der Waals surface area contributed by atoms with Gasteiger partial charge in [0.25, 0.3) is 0 Å². The zero-order valence-corrected chi connectivity index (χ0v) is 14.6. The lowest BCUT2D eigenvalue weighted by Crippen LogP contribution is -2.44. The molecule has 138 valence electrons. The number of carbonyl (C=O) groups is 4. The Bertz CT molecular complexity index is 555. The predicted octanol–water partition coefficient (Wildman–Crippen LogP) is 0.462. The van der Waals surface area contributed by atoms with Crippen LogP contribution in [0.2, 0.25) is 0 Å². The third-order valence-corrected chi connectivity index (χ3v) is 5.51. The van der Waals surface area contributed by atoms with Crippen molar-refractivity contribution in [1.82, 2.24) is 14.7 Å². The van der Waals surface area contributed by atoms with Crippen LogP contribution in [0.3, 0.4) is 0 Å². The van der Waals surface area contributed by atoms with Gasteiger partial charge < -0.3 is 14.5 Å². The second-order valence-electron chi connectivity index (χ2n) is 6.95. The smallest absolute Gasteiger partial charge is 0.409 e. The van der Waals surface area contributed by atoms with Crippen LogP contribution in [0.4, 0.5) is 4.79 Å². The summed E-state index contributed by atoms with van der Waals surface area (Å²) in [4.78, 5) is 53.5. The van der Waals surface area contributed by atoms with E-state index in [9.17, 15) is 19.2 Å². The Morgan fingerprint density at radius 1 is 0.920 bits per heavy atom. The highest BCUT2D eigenvalue weighted by atomic mass is 16.5. The average Bonchev–Trinajstić information content (AvgIpc) is 2.81. The molecule has 3 aliphatic rings. The van der Waals surface area contributed by atoms with E-state index < -0.39 is 6.09 Å². The van der Waals surface area contributed by atoms with E-state index in [1.165, 1.54) is 7.11 Å². The average molecular weight is 351 g/mol. The summed E-state index contributed by atoms with van der Waals surface area (Å²) in [6.07, 6.45) is 3.68. The van der Waals surface area contributed by atoms with Crippen LogP contribution in [0.25, 0.3) is 0 Å². The van der Waals surface area contributed by atoms with Crippen molar-refractivity contribution in [2.24, 2.45) is 11.8 Å². The molecular weight excluding hydrogens is 326 g/mol. The van der Waals surface area contributed by atoms with Gasteiger partial charge in [-0.05, 0) is 19.3 Å². The number of hydrogen-bond donors (Lipinski definition) is 0. The maximum atomic E-state index is 12.6. The largest absolute Gasteiger partial charge is 0.453 e. The van der Waals surface area contributed by atoms with E-state index in [1.807, 2.05) is 0 Å². The van der Waals surface area contributed by atoms with E-state index in [0.29, 0.717) is 32.6 Å². The van der Waals surface area contributed by atoms with Gasteiger partial charge in [0.1, 0.15) is 6.54 Å². The summed E-state index contributed by atoms with van der Waals surface area (Å²) >= 11 is 0. The minimum absolute atomic E-state index is 0.178. The molecule has 0 radical (unpaired) electrons. The second kappa shape index (κ2) is 7.41. The van der Waals surface area contributed by atoms with Gasteiger partial charge in [0.15, 0.2) is 0 Å². The molecule has 1 aliphatic carbocycles. The quantitative estimate of drug-likeness (QED) is 0.675. The Hall–Kier alpha value is -2.12. The summed E-state index contributed by atoms with van der Waals surface area (Å²) in [7, 11) is 1.33. The molecule has 0 aromatic carbocycles. The fourth-order valence-electron chi connectivity index (χ4n) is 4.10. The molecule has 0 N–H and O–H groups in total. The van der Waals surface area contributed by atoms with Gasteiger partial charge in [-0.25, -0.2) is 4.79 Å². The van der Waals surface area contributed by atoms with Crippen molar-refractivity contribution < 1.29 is 23.9 Å². The number of amides is 4. The fourth-order valence-corrected chi connectivity index (χ4v) is 4.10. The molecule has 2 atom stereocenters. The minimum atomic E-state index is -0.400. The zero-order chi connectivity index (χ0) is 18.0. The number of hydrogen-bond acceptors (Lipinski definition) is 5. The molecule has 0 aromatic heterocycles. The third kappa shape index (κ3) is 3.48. The van der Waals surface area contributed by atoms with E-state index >= 15 is 0 Å². The monoisotopic (exact) mass is 351 g/mol. The van der Waals surface area contributed by atoms with Crippen molar-refractivity contribution in [2.75, 3.05) is 39.8 Å². The number of fused-ring (bicyclic) bond motifs is 1. The molecule has 2 aliphatic heterocycles. The van der Waals surface area contributed by atoms with Crippen molar-refractivity contribution in [3.63, 3.8) is 0 Å². The predicted molar refractivity (Wildman–Crippen MR) is 87.3 cm³/mol. The summed E-state index contributed by atoms with van der Waals surface area (Å²) in [5.74, 6) is -1.06. The molecule has 0 bridgehead atoms. The van der Waals surface area contributed by atoms with Crippen LogP contribution in [-0.2, 0) is 19.1 Å². The molecule has 8 nitrogen and oxygen atoms in total. The summed E-state index contributed by atoms with van der Waals surface area (Å²) in [5, 5.41) is 0. The van der Waals surface area contributed by atoms with Gasteiger partial charge in [0.05, 0.1) is 18.9 Å². The Labute approximate surface area is 147 Å². The SMILES string of the molecule is COC(=O)N1CCCN(C(=O)CN2C(=O)C3CCCCC3C2=O)CC1. The normalized spacial score (nSPS) is 27.2. The summed E-state index contributed by atoms with van der Waals surface area (Å²) in [6.45, 7) is 1.64. The summed E-state index contributed by atoms with van der Waals surface area (Å²) < 4.78 is 4.72. The van der Waals surface area contributed by atoms with Crippen LogP contribution in [0.5, 0.6) is 0 Å². The highest BCUT2D eigenvalue weighted by Crippen LogP contribution is 2.37. The molecule has 3 rings (SSSR count). The first-order chi connectivity index (χ1) is 12.0. The standard InChI is InChI=1S/C17H25N3O5/c1-25-17(24)19-8-4-7-18(9-10-19)14(21)11-20-15(22)12-5-2-3-6-13(12)16(20)23/h12-13H,2-11H2,1H3. The van der Waals surface area contributed by atoms with Crippen molar-refractivity contribution in [1.29, 1.82) is 0 Å². The molecule has 4 amide bonds. The van der Waals surface area contributed by atoms with Crippen LogP contribution in [0, 0.1) is 11.8 Å². The molecule has 0 spiro atoms. The molecule has 3 fully saturated rings. The second-order valence-corrected chi connectivity index (χ2v) is 6.95. The Morgan fingerprint density at radius 3 is 2.08 bits per heavy atom. The number of nitrogens with zero attached hydrogens (tertiary/aromatic N) is 3. The Kier molecular flexibility index (Phi) is 5.24. The van der Waals surface area contributed by atoms with Gasteiger partial charge in [-0.3, -0.25) is 19.3 Å². The van der Waals surface area contributed by atoms with Gasteiger partial charge >= 0.3 is 6.09 Å². The van der Waals surface area contributed by atoms with Crippen LogP contribution in [0.15, 0.2) is 0 Å². The van der Waals surface area contributed by atoms with E-state index in [2.05, 4.69) is 0 Å². The van der Waals surface area contributed by atoms with E-state index in [0.717, 1.165) is 30.6 Å². The first kappa shape index (κ1) is 17.7. The van der Waals surface area contributed by atoms with E-state index in [1.54, 1.807) is 9.80 Å². The number of imide groups is 1. The lowest BCUT2D eigenvalue weighted by Gasteiger charge is -2.23. The third-order valence-electron chi connectivity index (χ3n) is 5.51. The van der Waals surface area contributed by atoms with Gasteiger partial charge in [0.2, 0.25) is 17.7 Å². The Morgan fingerprint density at radius 2 is 1.48 bits per heavy atom. The van der Waals surface area contributed by atoms with Crippen LogP contribution in [-0.4, -0.2) is 78.3 Å².